The third-order valence-corrected chi connectivity index (χ3v) is 2.62. The van der Waals surface area contributed by atoms with Crippen LogP contribution in [0.2, 0.25) is 0 Å². The summed E-state index contributed by atoms with van der Waals surface area (Å²) in [7, 11) is 0. The van der Waals surface area contributed by atoms with Crippen LogP contribution in [0.25, 0.3) is 0 Å². The van der Waals surface area contributed by atoms with Gasteiger partial charge in [0.15, 0.2) is 0 Å². The van der Waals surface area contributed by atoms with Gasteiger partial charge < -0.3 is 16.0 Å². The molecule has 0 atom stereocenters. The molecule has 0 radical (unpaired) electrons. The number of nitrogens with one attached hydrogen (secondary N) is 3. The Hall–Kier alpha value is -0.770. The van der Waals surface area contributed by atoms with E-state index in [1.54, 1.807) is 0 Å². The van der Waals surface area contributed by atoms with Crippen molar-refractivity contribution in [2.45, 2.75) is 25.3 Å². The van der Waals surface area contributed by atoms with Crippen LogP contribution >= 0.6 is 0 Å². The molecule has 4 heteroatoms. The van der Waals surface area contributed by atoms with Crippen LogP contribution in [0.5, 0.6) is 0 Å². The van der Waals surface area contributed by atoms with Crippen molar-refractivity contribution in [2.24, 2.45) is 5.92 Å². The summed E-state index contributed by atoms with van der Waals surface area (Å²) in [5.74, 6) is 0.779. The molecule has 1 aliphatic heterocycles. The molecule has 1 saturated carbocycles. The number of hydrogen-bond donors (Lipinski definition) is 3. The Labute approximate surface area is 78.5 Å². The van der Waals surface area contributed by atoms with E-state index in [2.05, 4.69) is 16.0 Å². The van der Waals surface area contributed by atoms with Crippen molar-refractivity contribution >= 4 is 6.03 Å². The Kier molecular flexibility index (Phi) is 2.68. The predicted molar refractivity (Wildman–Crippen MR) is 50.5 cm³/mol. The zero-order chi connectivity index (χ0) is 9.10. The van der Waals surface area contributed by atoms with Crippen LogP contribution < -0.4 is 16.0 Å². The number of hydrogen-bond acceptors (Lipinski definition) is 2. The fraction of sp³-hybridized carbons (Fsp3) is 0.889. The van der Waals surface area contributed by atoms with Gasteiger partial charge in [-0.2, -0.15) is 0 Å². The molecule has 0 unspecified atom stereocenters. The van der Waals surface area contributed by atoms with Crippen molar-refractivity contribution in [1.29, 1.82) is 0 Å². The quantitative estimate of drug-likeness (QED) is 0.577. The minimum absolute atomic E-state index is 0.00906. The number of carbonyl (C=O) groups is 1. The SMILES string of the molecule is O=C(NCCC1CNC1)NC1CC1. The Morgan fingerprint density at radius 2 is 2.15 bits per heavy atom. The van der Waals surface area contributed by atoms with Crippen LogP contribution in [0.15, 0.2) is 0 Å². The minimum atomic E-state index is 0.00906. The second-order valence-corrected chi connectivity index (χ2v) is 3.99. The average molecular weight is 183 g/mol. The highest BCUT2D eigenvalue weighted by molar-refractivity contribution is 5.74. The first-order valence-electron chi connectivity index (χ1n) is 5.09. The van der Waals surface area contributed by atoms with Gasteiger partial charge in [0, 0.05) is 12.6 Å². The molecule has 2 amide bonds. The Morgan fingerprint density at radius 3 is 2.69 bits per heavy atom. The monoisotopic (exact) mass is 183 g/mol. The lowest BCUT2D eigenvalue weighted by Crippen LogP contribution is -2.44. The summed E-state index contributed by atoms with van der Waals surface area (Å²) in [5.41, 5.74) is 0. The lowest BCUT2D eigenvalue weighted by atomic mass is 10.00. The van der Waals surface area contributed by atoms with Crippen molar-refractivity contribution < 1.29 is 4.79 Å². The molecule has 3 N–H and O–H groups in total. The summed E-state index contributed by atoms with van der Waals surface area (Å²) in [5, 5.41) is 8.99. The van der Waals surface area contributed by atoms with Gasteiger partial charge >= 0.3 is 6.03 Å². The zero-order valence-corrected chi connectivity index (χ0v) is 7.81. The maximum Gasteiger partial charge on any atom is 0.315 e. The number of carbonyl (C=O) groups excluding carboxylic acids is 1. The van der Waals surface area contributed by atoms with Crippen molar-refractivity contribution in [2.75, 3.05) is 19.6 Å². The number of urea groups is 1. The molecule has 4 nitrogen and oxygen atoms in total. The maximum atomic E-state index is 11.1. The van der Waals surface area contributed by atoms with Crippen LogP contribution in [-0.4, -0.2) is 31.7 Å². The highest BCUT2D eigenvalue weighted by Gasteiger charge is 2.23. The summed E-state index contributed by atoms with van der Waals surface area (Å²) < 4.78 is 0. The Morgan fingerprint density at radius 1 is 1.38 bits per heavy atom. The lowest BCUT2D eigenvalue weighted by molar-refractivity contribution is 0.238. The first-order chi connectivity index (χ1) is 6.34. The standard InChI is InChI=1S/C9H17N3O/c13-9(12-8-1-2-8)11-4-3-7-5-10-6-7/h7-8,10H,1-6H2,(H2,11,12,13). The molecule has 0 aromatic rings. The van der Waals surface area contributed by atoms with Gasteiger partial charge in [0.25, 0.3) is 0 Å². The summed E-state index contributed by atoms with van der Waals surface area (Å²) in [6.07, 6.45) is 3.41. The van der Waals surface area contributed by atoms with E-state index in [4.69, 9.17) is 0 Å². The summed E-state index contributed by atoms with van der Waals surface area (Å²) in [6, 6.07) is 0.472. The Balaban J connectivity index is 1.48. The van der Waals surface area contributed by atoms with Crippen molar-refractivity contribution in [3.63, 3.8) is 0 Å². The molecule has 0 bridgehead atoms. The van der Waals surface area contributed by atoms with Crippen molar-refractivity contribution in [1.82, 2.24) is 16.0 Å². The number of rotatable bonds is 4. The van der Waals surface area contributed by atoms with Crippen molar-refractivity contribution in [3.8, 4) is 0 Å². The highest BCUT2D eigenvalue weighted by atomic mass is 16.2. The van der Waals surface area contributed by atoms with Crippen LogP contribution in [0, 0.1) is 5.92 Å². The molecule has 13 heavy (non-hydrogen) atoms. The molecule has 2 fully saturated rings. The first kappa shape index (κ1) is 8.81. The van der Waals surface area contributed by atoms with E-state index in [-0.39, 0.29) is 6.03 Å². The third-order valence-electron chi connectivity index (χ3n) is 2.62. The zero-order valence-electron chi connectivity index (χ0n) is 7.81. The summed E-state index contributed by atoms with van der Waals surface area (Å²) in [6.45, 7) is 3.04. The highest BCUT2D eigenvalue weighted by Crippen LogP contribution is 2.18. The molecule has 0 aromatic heterocycles. The summed E-state index contributed by atoms with van der Waals surface area (Å²) in [4.78, 5) is 11.1. The predicted octanol–water partition coefficient (Wildman–Crippen LogP) is 0.0575. The fourth-order valence-corrected chi connectivity index (χ4v) is 1.41. The van der Waals surface area contributed by atoms with Crippen LogP contribution in [0.4, 0.5) is 4.79 Å². The van der Waals surface area contributed by atoms with E-state index in [1.807, 2.05) is 0 Å². The fourth-order valence-electron chi connectivity index (χ4n) is 1.41. The smallest absolute Gasteiger partial charge is 0.315 e. The van der Waals surface area contributed by atoms with Crippen LogP contribution in [0.3, 0.4) is 0 Å². The maximum absolute atomic E-state index is 11.1. The number of amides is 2. The normalized spacial score (nSPS) is 22.2. The molecular weight excluding hydrogens is 166 g/mol. The lowest BCUT2D eigenvalue weighted by Gasteiger charge is -2.26. The van der Waals surface area contributed by atoms with Gasteiger partial charge in [-0.1, -0.05) is 0 Å². The van der Waals surface area contributed by atoms with Gasteiger partial charge in [0.2, 0.25) is 0 Å². The first-order valence-corrected chi connectivity index (χ1v) is 5.09. The van der Waals surface area contributed by atoms with Gasteiger partial charge in [-0.15, -0.1) is 0 Å². The molecule has 2 aliphatic rings. The van der Waals surface area contributed by atoms with Gasteiger partial charge in [-0.25, -0.2) is 4.79 Å². The third kappa shape index (κ3) is 2.88. The molecule has 1 heterocycles. The van der Waals surface area contributed by atoms with E-state index in [0.29, 0.717) is 6.04 Å². The van der Waals surface area contributed by atoms with Gasteiger partial charge in [0.05, 0.1) is 0 Å². The topological polar surface area (TPSA) is 53.2 Å². The second kappa shape index (κ2) is 3.96. The van der Waals surface area contributed by atoms with Gasteiger partial charge in [0.1, 0.15) is 0 Å². The van der Waals surface area contributed by atoms with E-state index < -0.39 is 0 Å². The van der Waals surface area contributed by atoms with E-state index in [9.17, 15) is 4.79 Å². The largest absolute Gasteiger partial charge is 0.338 e. The van der Waals surface area contributed by atoms with Crippen LogP contribution in [0.1, 0.15) is 19.3 Å². The molecule has 0 aromatic carbocycles. The average Bonchev–Trinajstić information content (AvgIpc) is 2.78. The minimum Gasteiger partial charge on any atom is -0.338 e. The molecule has 74 valence electrons. The molecule has 1 aliphatic carbocycles. The van der Waals surface area contributed by atoms with Gasteiger partial charge in [-0.3, -0.25) is 0 Å². The second-order valence-electron chi connectivity index (χ2n) is 3.99. The Bertz CT molecular complexity index is 187. The van der Waals surface area contributed by atoms with E-state index in [0.717, 1.165) is 44.8 Å². The molecule has 1 saturated heterocycles. The summed E-state index contributed by atoms with van der Waals surface area (Å²) >= 11 is 0. The molecule has 0 spiro atoms. The van der Waals surface area contributed by atoms with E-state index >= 15 is 0 Å². The molecule has 2 rings (SSSR count). The van der Waals surface area contributed by atoms with E-state index in [1.165, 1.54) is 0 Å². The van der Waals surface area contributed by atoms with Crippen LogP contribution in [-0.2, 0) is 0 Å². The molecular formula is C9H17N3O. The van der Waals surface area contributed by atoms with Gasteiger partial charge in [-0.05, 0) is 38.3 Å². The van der Waals surface area contributed by atoms with Crippen molar-refractivity contribution in [3.05, 3.63) is 0 Å².